The summed E-state index contributed by atoms with van der Waals surface area (Å²) in [6.45, 7) is 3.04. The van der Waals surface area contributed by atoms with E-state index >= 15 is 0 Å². The molecule has 2 aromatic carbocycles. The Bertz CT molecular complexity index is 1330. The molecule has 0 N–H and O–H groups in total. The molecule has 3 heterocycles. The van der Waals surface area contributed by atoms with Crippen molar-refractivity contribution in [2.45, 2.75) is 70.0 Å². The molecular formula is C33H40N4O2. The summed E-state index contributed by atoms with van der Waals surface area (Å²) < 4.78 is 2.12. The number of hydrogen-bond donors (Lipinski definition) is 0. The molecule has 3 aromatic rings. The van der Waals surface area contributed by atoms with Crippen LogP contribution in [0.3, 0.4) is 0 Å². The molecule has 1 aromatic heterocycles. The quantitative estimate of drug-likeness (QED) is 0.426. The van der Waals surface area contributed by atoms with Gasteiger partial charge < -0.3 is 19.3 Å². The average Bonchev–Trinajstić information content (AvgIpc) is 3.29. The largest absolute Gasteiger partial charge is 0.337 e. The molecule has 1 saturated carbocycles. The molecule has 0 radical (unpaired) electrons. The lowest BCUT2D eigenvalue weighted by molar-refractivity contribution is 0.0649. The number of likely N-dealkylation sites (tertiary alicyclic amines) is 1. The van der Waals surface area contributed by atoms with Crippen molar-refractivity contribution in [3.63, 3.8) is 0 Å². The number of anilines is 1. The van der Waals surface area contributed by atoms with E-state index in [0.29, 0.717) is 30.3 Å². The summed E-state index contributed by atoms with van der Waals surface area (Å²) in [4.78, 5) is 33.8. The molecule has 6 heteroatoms. The van der Waals surface area contributed by atoms with Crippen LogP contribution in [0.15, 0.2) is 60.7 Å². The van der Waals surface area contributed by atoms with Crippen LogP contribution in [0.2, 0.25) is 0 Å². The van der Waals surface area contributed by atoms with Gasteiger partial charge in [0.1, 0.15) is 5.69 Å². The van der Waals surface area contributed by atoms with Crippen LogP contribution < -0.4 is 4.90 Å². The monoisotopic (exact) mass is 524 g/mol. The van der Waals surface area contributed by atoms with Crippen molar-refractivity contribution >= 4 is 17.5 Å². The van der Waals surface area contributed by atoms with Gasteiger partial charge in [0.2, 0.25) is 0 Å². The van der Waals surface area contributed by atoms with Crippen LogP contribution in [0.4, 0.5) is 5.69 Å². The first kappa shape index (κ1) is 25.9. The molecule has 2 amide bonds. The molecule has 6 nitrogen and oxygen atoms in total. The second-order valence-electron chi connectivity index (χ2n) is 11.7. The van der Waals surface area contributed by atoms with E-state index in [4.69, 9.17) is 0 Å². The minimum absolute atomic E-state index is 0.00335. The smallest absolute Gasteiger partial charge is 0.270 e. The lowest BCUT2D eigenvalue weighted by atomic mass is 9.84. The van der Waals surface area contributed by atoms with E-state index < -0.39 is 0 Å². The van der Waals surface area contributed by atoms with Crippen LogP contribution in [0.25, 0.3) is 0 Å². The number of nitrogens with zero attached hydrogens (tertiary/aromatic N) is 4. The van der Waals surface area contributed by atoms with E-state index in [1.165, 1.54) is 37.7 Å². The number of carbonyl (C=O) groups is 2. The standard InChI is InChI=1S/C33H40N4O2/c1-34-20-18-28(19-21-34)35(2)33(39)31-17-16-29-23-37(30-11-7-6-10-27(30)22-36(29)31)32(38)26-14-12-25(13-15-26)24-8-4-3-5-9-24/h6-7,10-17,24,28H,3-5,8-9,18-23H2,1-2H3. The predicted molar refractivity (Wildman–Crippen MR) is 155 cm³/mol. The minimum Gasteiger partial charge on any atom is -0.337 e. The molecule has 2 aliphatic heterocycles. The van der Waals surface area contributed by atoms with Gasteiger partial charge in [0.15, 0.2) is 0 Å². The molecule has 0 spiro atoms. The second kappa shape index (κ2) is 11.0. The first-order valence-electron chi connectivity index (χ1n) is 14.6. The van der Waals surface area contributed by atoms with Crippen molar-refractivity contribution in [2.24, 2.45) is 0 Å². The van der Waals surface area contributed by atoms with E-state index in [0.717, 1.165) is 42.9 Å². The van der Waals surface area contributed by atoms with Crippen molar-refractivity contribution in [1.29, 1.82) is 0 Å². The third kappa shape index (κ3) is 5.14. The predicted octanol–water partition coefficient (Wildman–Crippen LogP) is 5.91. The highest BCUT2D eigenvalue weighted by Gasteiger charge is 2.30. The van der Waals surface area contributed by atoms with Crippen LogP contribution >= 0.6 is 0 Å². The van der Waals surface area contributed by atoms with E-state index in [1.54, 1.807) is 0 Å². The Kier molecular flexibility index (Phi) is 7.30. The van der Waals surface area contributed by atoms with Gasteiger partial charge in [-0.1, -0.05) is 49.6 Å². The fraction of sp³-hybridized carbons (Fsp3) is 0.455. The fourth-order valence-electron chi connectivity index (χ4n) is 6.75. The van der Waals surface area contributed by atoms with Crippen molar-refractivity contribution in [3.8, 4) is 0 Å². The van der Waals surface area contributed by atoms with Gasteiger partial charge in [0.05, 0.1) is 13.1 Å². The minimum atomic E-state index is 0.00335. The lowest BCUT2D eigenvalue weighted by Crippen LogP contribution is -2.45. The van der Waals surface area contributed by atoms with Crippen molar-refractivity contribution in [1.82, 2.24) is 14.4 Å². The zero-order chi connectivity index (χ0) is 26.9. The number of para-hydroxylation sites is 1. The number of benzene rings is 2. The Morgan fingerprint density at radius 3 is 2.28 bits per heavy atom. The Hall–Kier alpha value is -3.38. The molecular weight excluding hydrogens is 484 g/mol. The summed E-state index contributed by atoms with van der Waals surface area (Å²) in [5.41, 5.74) is 5.72. The van der Waals surface area contributed by atoms with E-state index in [9.17, 15) is 9.59 Å². The molecule has 0 bridgehead atoms. The van der Waals surface area contributed by atoms with Crippen LogP contribution in [-0.2, 0) is 13.1 Å². The van der Waals surface area contributed by atoms with Crippen LogP contribution in [0.5, 0.6) is 0 Å². The van der Waals surface area contributed by atoms with Crippen LogP contribution in [-0.4, -0.2) is 59.4 Å². The van der Waals surface area contributed by atoms with Crippen LogP contribution in [0, 0.1) is 0 Å². The topological polar surface area (TPSA) is 48.8 Å². The Morgan fingerprint density at radius 1 is 0.821 bits per heavy atom. The van der Waals surface area contributed by atoms with Gasteiger partial charge in [0.25, 0.3) is 11.8 Å². The summed E-state index contributed by atoms with van der Waals surface area (Å²) in [5.74, 6) is 0.684. The summed E-state index contributed by atoms with van der Waals surface area (Å²) in [5, 5.41) is 0. The summed E-state index contributed by atoms with van der Waals surface area (Å²) in [6, 6.07) is 20.7. The molecule has 0 atom stereocenters. The van der Waals surface area contributed by atoms with E-state index in [-0.39, 0.29) is 17.9 Å². The highest BCUT2D eigenvalue weighted by molar-refractivity contribution is 6.06. The van der Waals surface area contributed by atoms with Crippen molar-refractivity contribution in [3.05, 3.63) is 88.7 Å². The summed E-state index contributed by atoms with van der Waals surface area (Å²) in [6.07, 6.45) is 8.43. The summed E-state index contributed by atoms with van der Waals surface area (Å²) >= 11 is 0. The second-order valence-corrected chi connectivity index (χ2v) is 11.7. The van der Waals surface area contributed by atoms with Gasteiger partial charge in [-0.3, -0.25) is 9.59 Å². The number of carbonyl (C=O) groups excluding carboxylic acids is 2. The maximum Gasteiger partial charge on any atom is 0.270 e. The molecule has 6 rings (SSSR count). The lowest BCUT2D eigenvalue weighted by Gasteiger charge is -2.35. The number of rotatable bonds is 4. The van der Waals surface area contributed by atoms with Crippen molar-refractivity contribution < 1.29 is 9.59 Å². The van der Waals surface area contributed by atoms with Crippen LogP contribution in [0.1, 0.15) is 88.5 Å². The van der Waals surface area contributed by atoms with Gasteiger partial charge in [-0.2, -0.15) is 0 Å². The number of hydrogen-bond acceptors (Lipinski definition) is 3. The highest BCUT2D eigenvalue weighted by Crippen LogP contribution is 2.34. The SMILES string of the molecule is CN1CCC(N(C)C(=O)c2ccc3n2Cc2ccccc2N(C(=O)c2ccc(C4CCCCC4)cc2)C3)CC1. The first-order valence-corrected chi connectivity index (χ1v) is 14.6. The molecule has 39 heavy (non-hydrogen) atoms. The summed E-state index contributed by atoms with van der Waals surface area (Å²) in [7, 11) is 4.08. The number of amides is 2. The number of aromatic nitrogens is 1. The number of fused-ring (bicyclic) bond motifs is 2. The third-order valence-corrected chi connectivity index (χ3v) is 9.26. The molecule has 1 saturated heterocycles. The third-order valence-electron chi connectivity index (χ3n) is 9.26. The first-order chi connectivity index (χ1) is 19.0. The Labute approximate surface area is 232 Å². The average molecular weight is 525 g/mol. The Morgan fingerprint density at radius 2 is 1.54 bits per heavy atom. The molecule has 2 fully saturated rings. The van der Waals surface area contributed by atoms with Gasteiger partial charge in [-0.15, -0.1) is 0 Å². The zero-order valence-corrected chi connectivity index (χ0v) is 23.3. The molecule has 204 valence electrons. The van der Waals surface area contributed by atoms with Gasteiger partial charge in [-0.05, 0) is 93.2 Å². The molecule has 1 aliphatic carbocycles. The van der Waals surface area contributed by atoms with Crippen molar-refractivity contribution in [2.75, 3.05) is 32.1 Å². The van der Waals surface area contributed by atoms with Gasteiger partial charge in [-0.25, -0.2) is 0 Å². The normalized spacial score (nSPS) is 18.8. The number of piperidine rings is 1. The Balaban J connectivity index is 1.27. The maximum absolute atomic E-state index is 13.9. The van der Waals surface area contributed by atoms with Gasteiger partial charge in [0, 0.05) is 30.0 Å². The van der Waals surface area contributed by atoms with E-state index in [1.807, 2.05) is 59.3 Å². The molecule has 3 aliphatic rings. The molecule has 0 unspecified atom stereocenters. The highest BCUT2D eigenvalue weighted by atomic mass is 16.2. The maximum atomic E-state index is 13.9. The van der Waals surface area contributed by atoms with E-state index in [2.05, 4.69) is 34.7 Å². The van der Waals surface area contributed by atoms with Gasteiger partial charge >= 0.3 is 0 Å². The fourth-order valence-corrected chi connectivity index (χ4v) is 6.75. The zero-order valence-electron chi connectivity index (χ0n) is 23.3.